The van der Waals surface area contributed by atoms with Crippen LogP contribution in [0.3, 0.4) is 0 Å². The van der Waals surface area contributed by atoms with Crippen molar-refractivity contribution in [2.75, 3.05) is 7.11 Å². The maximum Gasteiger partial charge on any atom is 0.240 e. The highest BCUT2D eigenvalue weighted by Crippen LogP contribution is 2.11. The molecule has 1 atom stereocenters. The molecule has 18 heavy (non-hydrogen) atoms. The third-order valence-corrected chi connectivity index (χ3v) is 2.75. The molecule has 0 spiro atoms. The zero-order valence-electron chi connectivity index (χ0n) is 11.2. The largest absolute Gasteiger partial charge is 0.481 e. The van der Waals surface area contributed by atoms with Crippen LogP contribution in [0.4, 0.5) is 0 Å². The molecule has 0 aromatic carbocycles. The van der Waals surface area contributed by atoms with Gasteiger partial charge in [-0.1, -0.05) is 13.3 Å². The van der Waals surface area contributed by atoms with Gasteiger partial charge in [-0.05, 0) is 25.0 Å². The van der Waals surface area contributed by atoms with Crippen LogP contribution in [0.15, 0.2) is 18.3 Å². The summed E-state index contributed by atoms with van der Waals surface area (Å²) < 4.78 is 5.02. The van der Waals surface area contributed by atoms with Gasteiger partial charge in [-0.15, -0.1) is 0 Å². The number of rotatable bonds is 6. The van der Waals surface area contributed by atoms with Crippen molar-refractivity contribution in [1.29, 1.82) is 0 Å². The van der Waals surface area contributed by atoms with E-state index in [4.69, 9.17) is 10.5 Å². The standard InChI is InChI=1S/C13H21N3O2/c1-4-6-13(2,14)12(17)16-9-10-5-7-15-11(8-10)18-3/h5,7-8H,4,6,9,14H2,1-3H3,(H,16,17). The zero-order chi connectivity index (χ0) is 13.6. The minimum atomic E-state index is -0.814. The number of amides is 1. The number of nitrogens with one attached hydrogen (secondary N) is 1. The number of hydrogen-bond acceptors (Lipinski definition) is 4. The van der Waals surface area contributed by atoms with Crippen LogP contribution in [-0.2, 0) is 11.3 Å². The Kier molecular flexibility index (Phi) is 5.09. The molecule has 0 aliphatic heterocycles. The molecular formula is C13H21N3O2. The lowest BCUT2D eigenvalue weighted by Gasteiger charge is -2.22. The lowest BCUT2D eigenvalue weighted by molar-refractivity contribution is -0.126. The van der Waals surface area contributed by atoms with Crippen LogP contribution in [0.1, 0.15) is 32.3 Å². The lowest BCUT2D eigenvalue weighted by atomic mass is 9.96. The summed E-state index contributed by atoms with van der Waals surface area (Å²) in [4.78, 5) is 15.9. The second-order valence-corrected chi connectivity index (χ2v) is 4.56. The number of aromatic nitrogens is 1. The normalized spacial score (nSPS) is 13.8. The molecule has 3 N–H and O–H groups in total. The first-order chi connectivity index (χ1) is 8.49. The van der Waals surface area contributed by atoms with Gasteiger partial charge in [-0.3, -0.25) is 4.79 Å². The number of hydrogen-bond donors (Lipinski definition) is 2. The third-order valence-electron chi connectivity index (χ3n) is 2.75. The van der Waals surface area contributed by atoms with E-state index in [0.29, 0.717) is 18.8 Å². The smallest absolute Gasteiger partial charge is 0.240 e. The molecule has 1 aromatic rings. The molecule has 5 heteroatoms. The average molecular weight is 251 g/mol. The monoisotopic (exact) mass is 251 g/mol. The Balaban J connectivity index is 2.56. The van der Waals surface area contributed by atoms with Crippen molar-refractivity contribution >= 4 is 5.91 Å². The van der Waals surface area contributed by atoms with Gasteiger partial charge in [-0.25, -0.2) is 4.98 Å². The van der Waals surface area contributed by atoms with E-state index in [1.807, 2.05) is 13.0 Å². The predicted octanol–water partition coefficient (Wildman–Crippen LogP) is 1.22. The molecule has 1 unspecified atom stereocenters. The molecule has 1 rings (SSSR count). The highest BCUT2D eigenvalue weighted by atomic mass is 16.5. The van der Waals surface area contributed by atoms with Crippen LogP contribution in [0, 0.1) is 0 Å². The minimum absolute atomic E-state index is 0.139. The number of nitrogens with two attached hydrogens (primary N) is 1. The summed E-state index contributed by atoms with van der Waals surface area (Å²) in [6.45, 7) is 4.18. The molecule has 0 aliphatic carbocycles. The summed E-state index contributed by atoms with van der Waals surface area (Å²) >= 11 is 0. The van der Waals surface area contributed by atoms with Crippen LogP contribution in [0.5, 0.6) is 5.88 Å². The molecular weight excluding hydrogens is 230 g/mol. The van der Waals surface area contributed by atoms with Crippen molar-refractivity contribution in [2.24, 2.45) is 5.73 Å². The van der Waals surface area contributed by atoms with Gasteiger partial charge in [-0.2, -0.15) is 0 Å². The van der Waals surface area contributed by atoms with E-state index < -0.39 is 5.54 Å². The number of pyridine rings is 1. The van der Waals surface area contributed by atoms with Crippen LogP contribution in [0.25, 0.3) is 0 Å². The Hall–Kier alpha value is -1.62. The van der Waals surface area contributed by atoms with E-state index in [1.54, 1.807) is 26.3 Å². The average Bonchev–Trinajstić information content (AvgIpc) is 2.36. The molecule has 0 bridgehead atoms. The SMILES string of the molecule is CCCC(C)(N)C(=O)NCc1ccnc(OC)c1. The van der Waals surface area contributed by atoms with Gasteiger partial charge in [0.2, 0.25) is 11.8 Å². The van der Waals surface area contributed by atoms with E-state index in [-0.39, 0.29) is 5.91 Å². The van der Waals surface area contributed by atoms with Crippen molar-refractivity contribution in [2.45, 2.75) is 38.8 Å². The summed E-state index contributed by atoms with van der Waals surface area (Å²) in [5.41, 5.74) is 6.06. The second kappa shape index (κ2) is 6.35. The highest BCUT2D eigenvalue weighted by Gasteiger charge is 2.26. The van der Waals surface area contributed by atoms with Crippen LogP contribution in [-0.4, -0.2) is 23.5 Å². The molecule has 0 saturated carbocycles. The second-order valence-electron chi connectivity index (χ2n) is 4.56. The van der Waals surface area contributed by atoms with Gasteiger partial charge < -0.3 is 15.8 Å². The van der Waals surface area contributed by atoms with Crippen molar-refractivity contribution < 1.29 is 9.53 Å². The first-order valence-electron chi connectivity index (χ1n) is 6.05. The van der Waals surface area contributed by atoms with Crippen LogP contribution >= 0.6 is 0 Å². The summed E-state index contributed by atoms with van der Waals surface area (Å²) in [6.07, 6.45) is 3.19. The summed E-state index contributed by atoms with van der Waals surface area (Å²) in [5, 5.41) is 2.83. The number of carbonyl (C=O) groups excluding carboxylic acids is 1. The Morgan fingerprint density at radius 3 is 2.94 bits per heavy atom. The van der Waals surface area contributed by atoms with Gasteiger partial charge in [0.25, 0.3) is 0 Å². The van der Waals surface area contributed by atoms with Crippen molar-refractivity contribution in [3.63, 3.8) is 0 Å². The maximum atomic E-state index is 11.9. The molecule has 100 valence electrons. The van der Waals surface area contributed by atoms with Crippen LogP contribution < -0.4 is 15.8 Å². The molecule has 0 fully saturated rings. The third kappa shape index (κ3) is 4.00. The number of methoxy groups -OCH3 is 1. The van der Waals surface area contributed by atoms with E-state index >= 15 is 0 Å². The number of nitrogens with zero attached hydrogens (tertiary/aromatic N) is 1. The summed E-state index contributed by atoms with van der Waals surface area (Å²) in [7, 11) is 1.56. The van der Waals surface area contributed by atoms with E-state index in [0.717, 1.165) is 12.0 Å². The first-order valence-corrected chi connectivity index (χ1v) is 6.05. The first kappa shape index (κ1) is 14.4. The van der Waals surface area contributed by atoms with Gasteiger partial charge >= 0.3 is 0 Å². The molecule has 5 nitrogen and oxygen atoms in total. The lowest BCUT2D eigenvalue weighted by Crippen LogP contribution is -2.51. The molecule has 0 saturated heterocycles. The zero-order valence-corrected chi connectivity index (χ0v) is 11.2. The Morgan fingerprint density at radius 2 is 2.33 bits per heavy atom. The topological polar surface area (TPSA) is 77.2 Å². The van der Waals surface area contributed by atoms with E-state index in [9.17, 15) is 4.79 Å². The maximum absolute atomic E-state index is 11.9. The molecule has 0 radical (unpaired) electrons. The Bertz CT molecular complexity index is 405. The van der Waals surface area contributed by atoms with Crippen molar-refractivity contribution in [3.8, 4) is 5.88 Å². The Labute approximate surface area is 108 Å². The molecule has 1 aromatic heterocycles. The fourth-order valence-electron chi connectivity index (χ4n) is 1.69. The number of ether oxygens (including phenoxy) is 1. The van der Waals surface area contributed by atoms with Gasteiger partial charge in [0.1, 0.15) is 0 Å². The van der Waals surface area contributed by atoms with Crippen LogP contribution in [0.2, 0.25) is 0 Å². The van der Waals surface area contributed by atoms with E-state index in [2.05, 4.69) is 10.3 Å². The molecule has 0 aliphatic rings. The summed E-state index contributed by atoms with van der Waals surface area (Å²) in [5.74, 6) is 0.394. The molecule has 1 heterocycles. The fraction of sp³-hybridized carbons (Fsp3) is 0.538. The quantitative estimate of drug-likeness (QED) is 0.797. The van der Waals surface area contributed by atoms with Crippen molar-refractivity contribution in [3.05, 3.63) is 23.9 Å². The summed E-state index contributed by atoms with van der Waals surface area (Å²) in [6, 6.07) is 3.62. The highest BCUT2D eigenvalue weighted by molar-refractivity contribution is 5.85. The molecule has 1 amide bonds. The van der Waals surface area contributed by atoms with Gasteiger partial charge in [0.15, 0.2) is 0 Å². The van der Waals surface area contributed by atoms with Gasteiger partial charge in [0.05, 0.1) is 12.6 Å². The Morgan fingerprint density at radius 1 is 1.61 bits per heavy atom. The predicted molar refractivity (Wildman–Crippen MR) is 70.1 cm³/mol. The van der Waals surface area contributed by atoms with Gasteiger partial charge in [0, 0.05) is 18.8 Å². The number of carbonyl (C=O) groups is 1. The fourth-order valence-corrected chi connectivity index (χ4v) is 1.69. The van der Waals surface area contributed by atoms with Crippen molar-refractivity contribution in [1.82, 2.24) is 10.3 Å². The minimum Gasteiger partial charge on any atom is -0.481 e. The van der Waals surface area contributed by atoms with E-state index in [1.165, 1.54) is 0 Å².